The zero-order valence-corrected chi connectivity index (χ0v) is 25.8. The number of methoxy groups -OCH3 is 1. The smallest absolute Gasteiger partial charge is 0.207 e. The van der Waals surface area contributed by atoms with Gasteiger partial charge in [-0.15, -0.1) is 0 Å². The molecule has 2 aliphatic carbocycles. The summed E-state index contributed by atoms with van der Waals surface area (Å²) in [5, 5.41) is 78.9. The Labute approximate surface area is 268 Å². The van der Waals surface area contributed by atoms with Crippen molar-refractivity contribution in [3.63, 3.8) is 0 Å². The molecule has 0 unspecified atom stereocenters. The van der Waals surface area contributed by atoms with E-state index in [0.29, 0.717) is 0 Å². The van der Waals surface area contributed by atoms with Gasteiger partial charge in [-0.25, -0.2) is 0 Å². The quantitative estimate of drug-likeness (QED) is 0.143. The minimum Gasteiger partial charge on any atom is -0.507 e. The molecular formula is C32H37NO14. The molecule has 6 rings (SSSR count). The summed E-state index contributed by atoms with van der Waals surface area (Å²) in [4.78, 5) is 40.2. The molecule has 2 aliphatic heterocycles. The Balaban J connectivity index is 1.36. The Kier molecular flexibility index (Phi) is 8.44. The van der Waals surface area contributed by atoms with Crippen LogP contribution in [0.4, 0.5) is 0 Å². The average Bonchev–Trinajstić information content (AvgIpc) is 3.29. The first-order valence-electron chi connectivity index (χ1n) is 15.2. The van der Waals surface area contributed by atoms with Crippen molar-refractivity contribution in [1.29, 1.82) is 0 Å². The van der Waals surface area contributed by atoms with Crippen LogP contribution in [0.15, 0.2) is 18.2 Å². The lowest BCUT2D eigenvalue weighted by atomic mass is 9.72. The molecular weight excluding hydrogens is 622 g/mol. The number of ether oxygens (including phenoxy) is 4. The fourth-order valence-electron chi connectivity index (χ4n) is 6.97. The zero-order chi connectivity index (χ0) is 34.2. The van der Waals surface area contributed by atoms with Gasteiger partial charge in [0.05, 0.1) is 55.3 Å². The van der Waals surface area contributed by atoms with Crippen molar-refractivity contribution >= 4 is 17.3 Å². The van der Waals surface area contributed by atoms with Gasteiger partial charge in [0.1, 0.15) is 35.1 Å². The lowest BCUT2D eigenvalue weighted by molar-refractivity contribution is -0.254. The monoisotopic (exact) mass is 659 g/mol. The van der Waals surface area contributed by atoms with Gasteiger partial charge in [0.2, 0.25) is 11.6 Å². The van der Waals surface area contributed by atoms with Crippen molar-refractivity contribution in [1.82, 2.24) is 5.32 Å². The second-order valence-corrected chi connectivity index (χ2v) is 12.6. The van der Waals surface area contributed by atoms with Gasteiger partial charge in [-0.1, -0.05) is 12.1 Å². The first kappa shape index (κ1) is 33.4. The highest BCUT2D eigenvalue weighted by atomic mass is 16.7. The first-order valence-corrected chi connectivity index (χ1v) is 15.2. The number of nitrogens with one attached hydrogen (secondary N) is 1. The summed E-state index contributed by atoms with van der Waals surface area (Å²) < 4.78 is 22.5. The summed E-state index contributed by atoms with van der Waals surface area (Å²) in [6.45, 7) is 2.00. The van der Waals surface area contributed by atoms with Crippen molar-refractivity contribution in [2.24, 2.45) is 0 Å². The van der Waals surface area contributed by atoms with Gasteiger partial charge in [0, 0.05) is 42.0 Å². The van der Waals surface area contributed by atoms with E-state index in [1.807, 2.05) is 0 Å². The van der Waals surface area contributed by atoms with Crippen LogP contribution >= 0.6 is 0 Å². The molecule has 0 bridgehead atoms. The van der Waals surface area contributed by atoms with E-state index >= 15 is 0 Å². The number of carbonyl (C=O) groups excluding carboxylic acids is 3. The maximum absolute atomic E-state index is 13.8. The summed E-state index contributed by atoms with van der Waals surface area (Å²) in [5.74, 6) is -5.65. The zero-order valence-electron chi connectivity index (χ0n) is 25.8. The van der Waals surface area contributed by atoms with E-state index in [2.05, 4.69) is 5.32 Å². The molecule has 0 amide bonds. The molecule has 2 aromatic rings. The van der Waals surface area contributed by atoms with Crippen LogP contribution in [0, 0.1) is 0 Å². The van der Waals surface area contributed by atoms with Crippen LogP contribution in [0.3, 0.4) is 0 Å². The van der Waals surface area contributed by atoms with Gasteiger partial charge >= 0.3 is 0 Å². The average molecular weight is 660 g/mol. The lowest BCUT2D eigenvalue weighted by Gasteiger charge is -2.43. The molecule has 254 valence electrons. The predicted molar refractivity (Wildman–Crippen MR) is 157 cm³/mol. The molecule has 0 radical (unpaired) electrons. The van der Waals surface area contributed by atoms with Crippen LogP contribution in [0.1, 0.15) is 75.8 Å². The molecule has 2 aromatic carbocycles. The van der Waals surface area contributed by atoms with Crippen molar-refractivity contribution in [2.75, 3.05) is 20.3 Å². The Hall–Kier alpha value is -3.51. The molecule has 15 nitrogen and oxygen atoms in total. The SMILES string of the molecule is COc1cccc2c1C(=O)c1c(O)c3c(c(O)c1C2=O)C[C@@](O)(C(C)=O)C[C@H]3O[C@H]1C[C@@H](NC[C@@]2(O)OC[C@@H](O)[C@H]2O)[C@@H](O)[C@H](C)O1. The summed E-state index contributed by atoms with van der Waals surface area (Å²) >= 11 is 0. The molecule has 9 atom stereocenters. The number of Topliss-reactive ketones (excluding diaryl/α,β-unsaturated/α-hetero) is 1. The number of hydrogen-bond acceptors (Lipinski definition) is 15. The number of fused-ring (bicyclic) bond motifs is 3. The van der Waals surface area contributed by atoms with Gasteiger partial charge < -0.3 is 60.0 Å². The van der Waals surface area contributed by atoms with E-state index in [1.165, 1.54) is 25.3 Å². The van der Waals surface area contributed by atoms with Crippen molar-refractivity contribution in [3.05, 3.63) is 51.6 Å². The van der Waals surface area contributed by atoms with Crippen LogP contribution in [-0.4, -0.2) is 121 Å². The molecule has 0 spiro atoms. The molecule has 2 saturated heterocycles. The minimum atomic E-state index is -2.13. The standard InChI is InChI=1S/C32H37NO14/c1-12-25(36)16(33-11-32(43)30(41)17(35)10-45-32)7-20(46-12)47-19-9-31(42,13(2)34)8-15-22(19)29(40)24-23(27(15)38)26(37)14-5-4-6-18(44-3)21(14)28(24)39/h4-6,12,16-17,19-20,25,30,33,35-36,38,40-43H,7-11H2,1-3H3/t12-,16+,17+,19+,20-,25-,30+,31-,32+/m0/s1. The molecule has 0 saturated carbocycles. The fourth-order valence-corrected chi connectivity index (χ4v) is 6.97. The summed E-state index contributed by atoms with van der Waals surface area (Å²) in [6, 6.07) is 3.53. The van der Waals surface area contributed by atoms with E-state index in [0.717, 1.165) is 6.92 Å². The van der Waals surface area contributed by atoms with E-state index < -0.39 is 107 Å². The Bertz CT molecular complexity index is 1640. The second kappa shape index (κ2) is 11.9. The van der Waals surface area contributed by atoms with Crippen LogP contribution in [0.25, 0.3) is 0 Å². The number of aromatic hydroxyl groups is 2. The van der Waals surface area contributed by atoms with Crippen molar-refractivity contribution < 1.29 is 69.1 Å². The molecule has 15 heteroatoms. The van der Waals surface area contributed by atoms with Crippen molar-refractivity contribution in [2.45, 2.75) is 87.3 Å². The highest BCUT2D eigenvalue weighted by Crippen LogP contribution is 2.52. The molecule has 0 aromatic heterocycles. The third kappa shape index (κ3) is 5.31. The number of aliphatic hydroxyl groups excluding tert-OH is 3. The Morgan fingerprint density at radius 3 is 2.40 bits per heavy atom. The maximum Gasteiger partial charge on any atom is 0.207 e. The molecule has 4 aliphatic rings. The number of phenolic OH excluding ortho intramolecular Hbond substituents is 2. The highest BCUT2D eigenvalue weighted by molar-refractivity contribution is 6.31. The summed E-state index contributed by atoms with van der Waals surface area (Å²) in [7, 11) is 1.32. The topological polar surface area (TPSA) is 242 Å². The Morgan fingerprint density at radius 2 is 1.77 bits per heavy atom. The summed E-state index contributed by atoms with van der Waals surface area (Å²) in [5.41, 5.74) is -3.50. The third-order valence-electron chi connectivity index (χ3n) is 9.70. The second-order valence-electron chi connectivity index (χ2n) is 12.6. The van der Waals surface area contributed by atoms with Gasteiger partial charge in [-0.05, 0) is 19.9 Å². The number of rotatable bonds is 7. The van der Waals surface area contributed by atoms with Gasteiger partial charge in [-0.3, -0.25) is 14.4 Å². The van der Waals surface area contributed by atoms with Crippen LogP contribution in [0.5, 0.6) is 17.2 Å². The number of hydrogen-bond donors (Lipinski definition) is 8. The number of ketones is 3. The maximum atomic E-state index is 13.8. The van der Waals surface area contributed by atoms with Gasteiger partial charge in [-0.2, -0.15) is 0 Å². The van der Waals surface area contributed by atoms with Crippen molar-refractivity contribution in [3.8, 4) is 17.2 Å². The van der Waals surface area contributed by atoms with Gasteiger partial charge in [0.25, 0.3) is 0 Å². The first-order chi connectivity index (χ1) is 22.1. The van der Waals surface area contributed by atoms with Crippen LogP contribution in [0.2, 0.25) is 0 Å². The number of benzene rings is 2. The van der Waals surface area contributed by atoms with Gasteiger partial charge in [0.15, 0.2) is 17.9 Å². The lowest BCUT2D eigenvalue weighted by Crippen LogP contribution is -2.59. The van der Waals surface area contributed by atoms with E-state index in [-0.39, 0.29) is 47.6 Å². The van der Waals surface area contributed by atoms with E-state index in [4.69, 9.17) is 18.9 Å². The third-order valence-corrected chi connectivity index (χ3v) is 9.70. The predicted octanol–water partition coefficient (Wildman–Crippen LogP) is -0.900. The van der Waals surface area contributed by atoms with E-state index in [9.17, 15) is 50.1 Å². The van der Waals surface area contributed by atoms with Crippen LogP contribution < -0.4 is 10.1 Å². The largest absolute Gasteiger partial charge is 0.507 e. The fraction of sp³-hybridized carbons (Fsp3) is 0.531. The molecule has 2 fully saturated rings. The number of aliphatic hydroxyl groups is 5. The Morgan fingerprint density at radius 1 is 1.06 bits per heavy atom. The van der Waals surface area contributed by atoms with Crippen LogP contribution in [-0.2, 0) is 25.4 Å². The minimum absolute atomic E-state index is 0.0571. The molecule has 2 heterocycles. The number of phenols is 2. The molecule has 47 heavy (non-hydrogen) atoms. The summed E-state index contributed by atoms with van der Waals surface area (Å²) in [6.07, 6.45) is -8.48. The molecule has 8 N–H and O–H groups in total. The number of carbonyl (C=O) groups is 3. The highest BCUT2D eigenvalue weighted by Gasteiger charge is 2.51. The van der Waals surface area contributed by atoms with E-state index in [1.54, 1.807) is 6.92 Å². The normalized spacial score (nSPS) is 34.9.